The zero-order valence-electron chi connectivity index (χ0n) is 16.4. The van der Waals surface area contributed by atoms with Crippen molar-refractivity contribution in [3.63, 3.8) is 0 Å². The van der Waals surface area contributed by atoms with E-state index in [1.807, 2.05) is 0 Å². The van der Waals surface area contributed by atoms with E-state index >= 15 is 0 Å². The van der Waals surface area contributed by atoms with E-state index in [1.54, 1.807) is 30.1 Å². The number of methoxy groups -OCH3 is 1. The van der Waals surface area contributed by atoms with Gasteiger partial charge in [-0.2, -0.15) is 0 Å². The molecule has 2 heterocycles. The average Bonchev–Trinajstić information content (AvgIpc) is 2.83. The number of rotatable bonds is 5. The number of benzene rings is 1. The maximum Gasteiger partial charge on any atom is 0.308 e. The lowest BCUT2D eigenvalue weighted by Crippen LogP contribution is -2.39. The van der Waals surface area contributed by atoms with Crippen LogP contribution >= 0.6 is 0 Å². The smallest absolute Gasteiger partial charge is 0.308 e. The Hall–Kier alpha value is -2.61. The Bertz CT molecular complexity index is 746. The van der Waals surface area contributed by atoms with Crippen molar-refractivity contribution in [3.05, 3.63) is 29.3 Å². The van der Waals surface area contributed by atoms with Crippen molar-refractivity contribution >= 4 is 23.5 Å². The maximum absolute atomic E-state index is 12.6. The van der Waals surface area contributed by atoms with Crippen molar-refractivity contribution in [3.8, 4) is 0 Å². The number of carbonyl (C=O) groups is 3. The summed E-state index contributed by atoms with van der Waals surface area (Å²) in [6.45, 7) is 3.00. The minimum absolute atomic E-state index is 0.0449. The molecule has 2 amide bonds. The van der Waals surface area contributed by atoms with Gasteiger partial charge < -0.3 is 25.6 Å². The molecule has 0 spiro atoms. The van der Waals surface area contributed by atoms with Crippen LogP contribution in [-0.2, 0) is 20.9 Å². The van der Waals surface area contributed by atoms with Gasteiger partial charge in [0.1, 0.15) is 6.04 Å². The molecule has 2 atom stereocenters. The Morgan fingerprint density at radius 3 is 2.89 bits per heavy atom. The molecule has 1 fully saturated rings. The molecule has 0 radical (unpaired) electrons. The second kappa shape index (κ2) is 9.05. The second-order valence-corrected chi connectivity index (χ2v) is 7.47. The second-order valence-electron chi connectivity index (χ2n) is 7.47. The lowest BCUT2D eigenvalue weighted by atomic mass is 9.99. The van der Waals surface area contributed by atoms with Gasteiger partial charge in [0, 0.05) is 31.4 Å². The van der Waals surface area contributed by atoms with Crippen LogP contribution in [0.4, 0.5) is 5.69 Å². The maximum atomic E-state index is 12.6. The number of likely N-dealkylation sites (N-methyl/N-ethyl adjacent to an activating group) is 1. The van der Waals surface area contributed by atoms with Gasteiger partial charge >= 0.3 is 5.97 Å². The summed E-state index contributed by atoms with van der Waals surface area (Å²) in [7, 11) is 2.99. The van der Waals surface area contributed by atoms with Crippen LogP contribution in [0.15, 0.2) is 18.2 Å². The fourth-order valence-electron chi connectivity index (χ4n) is 3.68. The summed E-state index contributed by atoms with van der Waals surface area (Å²) < 4.78 is 4.69. The summed E-state index contributed by atoms with van der Waals surface area (Å²) in [6, 6.07) is 4.66. The lowest BCUT2D eigenvalue weighted by molar-refractivity contribution is -0.143. The largest absolute Gasteiger partial charge is 0.469 e. The van der Waals surface area contributed by atoms with Crippen LogP contribution in [-0.4, -0.2) is 62.5 Å². The molecule has 8 nitrogen and oxygen atoms in total. The summed E-state index contributed by atoms with van der Waals surface area (Å²) in [6.07, 6.45) is 2.21. The molecular formula is C20H28N4O4. The van der Waals surface area contributed by atoms with Gasteiger partial charge in [-0.05, 0) is 55.6 Å². The Kier molecular flexibility index (Phi) is 6.51. The minimum atomic E-state index is -0.683. The molecule has 1 saturated heterocycles. The molecule has 0 aromatic heterocycles. The summed E-state index contributed by atoms with van der Waals surface area (Å²) in [5.41, 5.74) is 2.16. The number of ether oxygens (including phenoxy) is 1. The SMILES string of the molecule is COC(=O)CC1Nc2ccc(C(=O)NCC3CCCNC3)cc2CN(C)C1=O. The van der Waals surface area contributed by atoms with E-state index in [2.05, 4.69) is 20.7 Å². The molecule has 1 aromatic carbocycles. The number of hydrogen-bond donors (Lipinski definition) is 3. The highest BCUT2D eigenvalue weighted by Crippen LogP contribution is 2.25. The Morgan fingerprint density at radius 2 is 2.18 bits per heavy atom. The lowest BCUT2D eigenvalue weighted by Gasteiger charge is -2.23. The average molecular weight is 388 g/mol. The topological polar surface area (TPSA) is 99.8 Å². The first-order chi connectivity index (χ1) is 13.5. The monoisotopic (exact) mass is 388 g/mol. The highest BCUT2D eigenvalue weighted by atomic mass is 16.5. The molecular weight excluding hydrogens is 360 g/mol. The number of fused-ring (bicyclic) bond motifs is 1. The number of carbonyl (C=O) groups excluding carboxylic acids is 3. The van der Waals surface area contributed by atoms with Crippen molar-refractivity contribution in [1.82, 2.24) is 15.5 Å². The Balaban J connectivity index is 1.69. The van der Waals surface area contributed by atoms with Gasteiger partial charge in [-0.15, -0.1) is 0 Å². The van der Waals surface area contributed by atoms with E-state index in [9.17, 15) is 14.4 Å². The third kappa shape index (κ3) is 4.81. The van der Waals surface area contributed by atoms with E-state index < -0.39 is 12.0 Å². The number of hydrogen-bond acceptors (Lipinski definition) is 6. The first-order valence-electron chi connectivity index (χ1n) is 9.68. The van der Waals surface area contributed by atoms with E-state index in [-0.39, 0.29) is 18.2 Å². The van der Waals surface area contributed by atoms with Gasteiger partial charge in [0.05, 0.1) is 13.5 Å². The van der Waals surface area contributed by atoms with Crippen LogP contribution in [0.5, 0.6) is 0 Å². The predicted molar refractivity (Wildman–Crippen MR) is 105 cm³/mol. The first kappa shape index (κ1) is 20.1. The normalized spacial score (nSPS) is 21.9. The van der Waals surface area contributed by atoms with Crippen molar-refractivity contribution in [2.24, 2.45) is 5.92 Å². The summed E-state index contributed by atoms with van der Waals surface area (Å²) in [5.74, 6) is -0.283. The molecule has 1 aromatic rings. The van der Waals surface area contributed by atoms with Crippen LogP contribution in [0.3, 0.4) is 0 Å². The predicted octanol–water partition coefficient (Wildman–Crippen LogP) is 0.732. The minimum Gasteiger partial charge on any atom is -0.469 e. The third-order valence-corrected chi connectivity index (χ3v) is 5.33. The highest BCUT2D eigenvalue weighted by molar-refractivity contribution is 5.95. The van der Waals surface area contributed by atoms with Crippen molar-refractivity contribution in [2.75, 3.05) is 39.1 Å². The summed E-state index contributed by atoms with van der Waals surface area (Å²) in [5, 5.41) is 9.48. The number of nitrogens with one attached hydrogen (secondary N) is 3. The molecule has 0 aliphatic carbocycles. The summed E-state index contributed by atoms with van der Waals surface area (Å²) >= 11 is 0. The number of anilines is 1. The van der Waals surface area contributed by atoms with Crippen molar-refractivity contribution in [1.29, 1.82) is 0 Å². The standard InChI is InChI=1S/C20H28N4O4/c1-24-12-15-8-14(19(26)22-11-13-4-3-7-21-10-13)5-6-16(15)23-17(20(24)27)9-18(25)28-2/h5-6,8,13,17,21,23H,3-4,7,9-12H2,1-2H3,(H,22,26). The highest BCUT2D eigenvalue weighted by Gasteiger charge is 2.29. The quantitative estimate of drug-likeness (QED) is 0.643. The molecule has 0 bridgehead atoms. The van der Waals surface area contributed by atoms with Crippen molar-refractivity contribution < 1.29 is 19.1 Å². The molecule has 2 unspecified atom stereocenters. The fourth-order valence-corrected chi connectivity index (χ4v) is 3.68. The van der Waals surface area contributed by atoms with Crippen LogP contribution < -0.4 is 16.0 Å². The molecule has 3 rings (SSSR count). The van der Waals surface area contributed by atoms with E-state index in [0.717, 1.165) is 37.2 Å². The molecule has 8 heteroatoms. The van der Waals surface area contributed by atoms with Crippen LogP contribution in [0, 0.1) is 5.92 Å². The number of piperidine rings is 1. The van der Waals surface area contributed by atoms with E-state index in [4.69, 9.17) is 0 Å². The number of esters is 1. The Labute approximate surface area is 165 Å². The Morgan fingerprint density at radius 1 is 1.36 bits per heavy atom. The van der Waals surface area contributed by atoms with Crippen LogP contribution in [0.2, 0.25) is 0 Å². The van der Waals surface area contributed by atoms with Gasteiger partial charge in [-0.25, -0.2) is 0 Å². The zero-order valence-corrected chi connectivity index (χ0v) is 16.4. The molecule has 0 saturated carbocycles. The molecule has 2 aliphatic heterocycles. The number of nitrogens with zero attached hydrogens (tertiary/aromatic N) is 1. The summed E-state index contributed by atoms with van der Waals surface area (Å²) in [4.78, 5) is 38.3. The first-order valence-corrected chi connectivity index (χ1v) is 9.68. The van der Waals surface area contributed by atoms with Gasteiger partial charge in [-0.3, -0.25) is 14.4 Å². The van der Waals surface area contributed by atoms with Gasteiger partial charge in [0.15, 0.2) is 0 Å². The van der Waals surface area contributed by atoms with Gasteiger partial charge in [0.25, 0.3) is 5.91 Å². The molecule has 152 valence electrons. The molecule has 2 aliphatic rings. The van der Waals surface area contributed by atoms with Gasteiger partial charge in [0.2, 0.25) is 5.91 Å². The van der Waals surface area contributed by atoms with Crippen LogP contribution in [0.1, 0.15) is 35.2 Å². The third-order valence-electron chi connectivity index (χ3n) is 5.33. The van der Waals surface area contributed by atoms with Crippen LogP contribution in [0.25, 0.3) is 0 Å². The molecule has 28 heavy (non-hydrogen) atoms. The number of amides is 2. The van der Waals surface area contributed by atoms with E-state index in [0.29, 0.717) is 24.6 Å². The van der Waals surface area contributed by atoms with Gasteiger partial charge in [-0.1, -0.05) is 0 Å². The fraction of sp³-hybridized carbons (Fsp3) is 0.550. The van der Waals surface area contributed by atoms with Crippen molar-refractivity contribution in [2.45, 2.75) is 31.8 Å². The molecule has 3 N–H and O–H groups in total. The van der Waals surface area contributed by atoms with E-state index in [1.165, 1.54) is 7.11 Å². The zero-order chi connectivity index (χ0) is 20.1.